The predicted molar refractivity (Wildman–Crippen MR) is 93.9 cm³/mol. The molecule has 1 aliphatic heterocycles. The number of piperazine rings is 1. The summed E-state index contributed by atoms with van der Waals surface area (Å²) < 4.78 is 10.3. The number of rotatable bonds is 8. The number of hydrogen-bond donors (Lipinski definition) is 0. The minimum Gasteiger partial charge on any atom is -0.457 e. The summed E-state index contributed by atoms with van der Waals surface area (Å²) in [5, 5.41) is 0. The molecule has 2 atom stereocenters. The summed E-state index contributed by atoms with van der Waals surface area (Å²) >= 11 is 0. The van der Waals surface area contributed by atoms with Crippen molar-refractivity contribution in [2.24, 2.45) is 0 Å². The molecule has 1 saturated heterocycles. The van der Waals surface area contributed by atoms with Crippen molar-refractivity contribution >= 4 is 23.8 Å². The Morgan fingerprint density at radius 2 is 1.19 bits per heavy atom. The second kappa shape index (κ2) is 9.17. The van der Waals surface area contributed by atoms with Crippen molar-refractivity contribution in [3.05, 3.63) is 24.3 Å². The fourth-order valence-corrected chi connectivity index (χ4v) is 2.33. The Balaban J connectivity index is 2.56. The van der Waals surface area contributed by atoms with Crippen molar-refractivity contribution in [1.29, 1.82) is 0 Å². The highest BCUT2D eigenvalue weighted by molar-refractivity contribution is 6.35. The molecule has 0 aliphatic carbocycles. The Bertz CT molecular complexity index is 573. The van der Waals surface area contributed by atoms with Gasteiger partial charge in [0, 0.05) is 24.2 Å². The maximum absolute atomic E-state index is 12.3. The van der Waals surface area contributed by atoms with Crippen LogP contribution in [0.25, 0.3) is 0 Å². The van der Waals surface area contributed by atoms with E-state index in [0.29, 0.717) is 13.1 Å². The van der Waals surface area contributed by atoms with Gasteiger partial charge in [-0.2, -0.15) is 0 Å². The van der Waals surface area contributed by atoms with E-state index in [0.717, 1.165) is 0 Å². The first kappa shape index (κ1) is 21.4. The maximum Gasteiger partial charge on any atom is 0.333 e. The molecule has 0 spiro atoms. The first-order valence-corrected chi connectivity index (χ1v) is 8.34. The summed E-state index contributed by atoms with van der Waals surface area (Å²) in [5.74, 6) is -2.42. The molecule has 0 aromatic heterocycles. The highest BCUT2D eigenvalue weighted by Crippen LogP contribution is 2.10. The number of carbonyl (C=O) groups is 4. The first-order chi connectivity index (χ1) is 12.0. The molecule has 0 N–H and O–H groups in total. The van der Waals surface area contributed by atoms with E-state index >= 15 is 0 Å². The van der Waals surface area contributed by atoms with E-state index in [9.17, 15) is 19.2 Å². The lowest BCUT2D eigenvalue weighted by Gasteiger charge is -2.35. The lowest BCUT2D eigenvalue weighted by atomic mass is 10.2. The molecule has 0 saturated carbocycles. The summed E-state index contributed by atoms with van der Waals surface area (Å²) in [6, 6.07) is 0. The molecule has 1 aliphatic rings. The minimum atomic E-state index is -0.673. The van der Waals surface area contributed by atoms with Crippen LogP contribution in [0.3, 0.4) is 0 Å². The van der Waals surface area contributed by atoms with E-state index in [1.807, 2.05) is 0 Å². The van der Waals surface area contributed by atoms with Crippen LogP contribution in [0.4, 0.5) is 0 Å². The Labute approximate surface area is 153 Å². The van der Waals surface area contributed by atoms with Gasteiger partial charge in [0.05, 0.1) is 13.1 Å². The van der Waals surface area contributed by atoms with Gasteiger partial charge < -0.3 is 19.3 Å². The van der Waals surface area contributed by atoms with Gasteiger partial charge in [-0.15, -0.1) is 0 Å². The van der Waals surface area contributed by atoms with Crippen molar-refractivity contribution in [3.63, 3.8) is 0 Å². The number of amides is 2. The molecule has 0 aromatic carbocycles. The molecule has 8 heteroatoms. The molecule has 0 bridgehead atoms. The second-order valence-corrected chi connectivity index (χ2v) is 6.49. The molecular weight excluding hydrogens is 340 g/mol. The van der Waals surface area contributed by atoms with Crippen LogP contribution in [-0.4, -0.2) is 71.9 Å². The molecule has 0 radical (unpaired) electrons. The monoisotopic (exact) mass is 366 g/mol. The Morgan fingerprint density at radius 1 is 0.885 bits per heavy atom. The van der Waals surface area contributed by atoms with Gasteiger partial charge in [0.25, 0.3) is 0 Å². The van der Waals surface area contributed by atoms with Crippen LogP contribution in [0.15, 0.2) is 24.3 Å². The zero-order valence-corrected chi connectivity index (χ0v) is 15.7. The van der Waals surface area contributed by atoms with E-state index in [-0.39, 0.29) is 24.2 Å². The van der Waals surface area contributed by atoms with Gasteiger partial charge in [-0.3, -0.25) is 9.59 Å². The molecule has 8 nitrogen and oxygen atoms in total. The highest BCUT2D eigenvalue weighted by atomic mass is 16.5. The molecule has 1 rings (SSSR count). The first-order valence-electron chi connectivity index (χ1n) is 8.34. The van der Waals surface area contributed by atoms with E-state index in [1.54, 1.807) is 13.8 Å². The van der Waals surface area contributed by atoms with Crippen molar-refractivity contribution in [3.8, 4) is 0 Å². The van der Waals surface area contributed by atoms with E-state index < -0.39 is 36.0 Å². The van der Waals surface area contributed by atoms with Crippen molar-refractivity contribution < 1.29 is 28.7 Å². The van der Waals surface area contributed by atoms with Crippen molar-refractivity contribution in [2.45, 2.75) is 39.9 Å². The summed E-state index contributed by atoms with van der Waals surface area (Å²) in [7, 11) is 0. The molecule has 144 valence electrons. The van der Waals surface area contributed by atoms with Gasteiger partial charge >= 0.3 is 23.8 Å². The lowest BCUT2D eigenvalue weighted by Crippen LogP contribution is -2.57. The predicted octanol–water partition coefficient (Wildman–Crippen LogP) is 0.673. The smallest absolute Gasteiger partial charge is 0.333 e. The highest BCUT2D eigenvalue weighted by Gasteiger charge is 2.34. The van der Waals surface area contributed by atoms with Gasteiger partial charge in [-0.1, -0.05) is 13.2 Å². The van der Waals surface area contributed by atoms with E-state index in [1.165, 1.54) is 23.6 Å². The second-order valence-electron chi connectivity index (χ2n) is 6.49. The normalized spacial score (nSPS) is 16.8. The zero-order valence-electron chi connectivity index (χ0n) is 15.7. The summed E-state index contributed by atoms with van der Waals surface area (Å²) in [6.07, 6.45) is -1.11. The van der Waals surface area contributed by atoms with E-state index in [2.05, 4.69) is 13.2 Å². The largest absolute Gasteiger partial charge is 0.457 e. The number of ether oxygens (including phenoxy) is 2. The standard InChI is InChI=1S/C18H26N2O6/c1-11(2)17(23)25-13(5)9-19-7-8-20(16(22)15(19)21)10-14(6)26-18(24)12(3)4/h13-14H,1,3,7-10H2,2,4-6H3. The molecule has 0 aromatic rings. The van der Waals surface area contributed by atoms with E-state index in [4.69, 9.17) is 9.47 Å². The van der Waals surface area contributed by atoms with Crippen LogP contribution >= 0.6 is 0 Å². The van der Waals surface area contributed by atoms with Crippen LogP contribution in [0, 0.1) is 0 Å². The third-order valence-corrected chi connectivity index (χ3v) is 3.67. The topological polar surface area (TPSA) is 93.2 Å². The molecule has 2 amide bonds. The molecule has 1 heterocycles. The van der Waals surface area contributed by atoms with Crippen LogP contribution in [-0.2, 0) is 28.7 Å². The third-order valence-electron chi connectivity index (χ3n) is 3.67. The number of nitrogens with zero attached hydrogens (tertiary/aromatic N) is 2. The summed E-state index contributed by atoms with van der Waals surface area (Å²) in [6.45, 7) is 14.2. The lowest BCUT2D eigenvalue weighted by molar-refractivity contribution is -0.160. The molecular formula is C18H26N2O6. The zero-order chi connectivity index (χ0) is 20.0. The minimum absolute atomic E-state index is 0.123. The fourth-order valence-electron chi connectivity index (χ4n) is 2.33. The Hall–Kier alpha value is -2.64. The van der Waals surface area contributed by atoms with Gasteiger partial charge in [0.15, 0.2) is 0 Å². The third kappa shape index (κ3) is 6.02. The molecule has 26 heavy (non-hydrogen) atoms. The van der Waals surface area contributed by atoms with Gasteiger partial charge in [-0.05, 0) is 27.7 Å². The van der Waals surface area contributed by atoms with Crippen LogP contribution in [0.2, 0.25) is 0 Å². The van der Waals surface area contributed by atoms with Gasteiger partial charge in [0.2, 0.25) is 0 Å². The van der Waals surface area contributed by atoms with Crippen LogP contribution in [0.5, 0.6) is 0 Å². The summed E-state index contributed by atoms with van der Waals surface area (Å²) in [5.41, 5.74) is 0.532. The molecule has 1 fully saturated rings. The Morgan fingerprint density at radius 3 is 1.46 bits per heavy atom. The van der Waals surface area contributed by atoms with Crippen molar-refractivity contribution in [2.75, 3.05) is 26.2 Å². The summed E-state index contributed by atoms with van der Waals surface area (Å²) in [4.78, 5) is 50.2. The van der Waals surface area contributed by atoms with Gasteiger partial charge in [-0.25, -0.2) is 9.59 Å². The Kier molecular flexibility index (Phi) is 7.55. The van der Waals surface area contributed by atoms with Crippen LogP contribution < -0.4 is 0 Å². The SMILES string of the molecule is C=C(C)C(=O)OC(C)CN1CCN(CC(C)OC(=O)C(=C)C)C(=O)C1=O. The van der Waals surface area contributed by atoms with Gasteiger partial charge in [0.1, 0.15) is 12.2 Å². The quantitative estimate of drug-likeness (QED) is 0.356. The average Bonchev–Trinajstić information content (AvgIpc) is 2.54. The maximum atomic E-state index is 12.3. The van der Waals surface area contributed by atoms with Crippen molar-refractivity contribution in [1.82, 2.24) is 9.80 Å². The number of esters is 2. The fraction of sp³-hybridized carbons (Fsp3) is 0.556. The molecule has 2 unspecified atom stereocenters. The number of hydrogen-bond acceptors (Lipinski definition) is 6. The number of carbonyl (C=O) groups excluding carboxylic acids is 4. The average molecular weight is 366 g/mol. The van der Waals surface area contributed by atoms with Crippen LogP contribution in [0.1, 0.15) is 27.7 Å².